The molecule has 0 fully saturated rings. The average Bonchev–Trinajstić information content (AvgIpc) is 2.74. The molecule has 0 unspecified atom stereocenters. The van der Waals surface area contributed by atoms with Crippen molar-refractivity contribution in [1.82, 2.24) is 9.88 Å². The molecule has 1 N–H and O–H groups in total. The predicted molar refractivity (Wildman–Crippen MR) is 75.5 cm³/mol. The quantitative estimate of drug-likeness (QED) is 0.937. The van der Waals surface area contributed by atoms with E-state index in [-0.39, 0.29) is 11.7 Å². The van der Waals surface area contributed by atoms with Gasteiger partial charge in [-0.3, -0.25) is 4.79 Å². The van der Waals surface area contributed by atoms with Gasteiger partial charge in [-0.15, -0.1) is 11.3 Å². The molecule has 4 nitrogen and oxygen atoms in total. The number of benzene rings is 1. The summed E-state index contributed by atoms with van der Waals surface area (Å²) in [5.74, 6) is -0.186. The zero-order chi connectivity index (χ0) is 14.0. The summed E-state index contributed by atoms with van der Waals surface area (Å²) in [6.45, 7) is 4.24. The Bertz CT molecular complexity index is 607. The highest BCUT2D eigenvalue weighted by molar-refractivity contribution is 7.09. The van der Waals surface area contributed by atoms with Crippen LogP contribution in [0.1, 0.15) is 26.6 Å². The van der Waals surface area contributed by atoms with Gasteiger partial charge in [-0.25, -0.2) is 4.98 Å². The summed E-state index contributed by atoms with van der Waals surface area (Å²) in [6, 6.07) is 5.05. The van der Waals surface area contributed by atoms with Gasteiger partial charge in [0.15, 0.2) is 0 Å². The van der Waals surface area contributed by atoms with E-state index in [1.54, 1.807) is 35.4 Å². The molecule has 0 aliphatic carbocycles. The summed E-state index contributed by atoms with van der Waals surface area (Å²) < 4.78 is 0. The van der Waals surface area contributed by atoms with E-state index in [1.807, 2.05) is 25.3 Å². The Hall–Kier alpha value is -1.88. The Morgan fingerprint density at radius 3 is 2.74 bits per heavy atom. The van der Waals surface area contributed by atoms with Gasteiger partial charge >= 0.3 is 0 Å². The van der Waals surface area contributed by atoms with Gasteiger partial charge in [-0.2, -0.15) is 0 Å². The third-order valence-corrected chi connectivity index (χ3v) is 3.62. The summed E-state index contributed by atoms with van der Waals surface area (Å²) >= 11 is 1.56. The molecule has 1 aromatic heterocycles. The lowest BCUT2D eigenvalue weighted by Gasteiger charge is -2.16. The number of hydrogen-bond acceptors (Lipinski definition) is 4. The van der Waals surface area contributed by atoms with Crippen molar-refractivity contribution < 1.29 is 9.90 Å². The lowest BCUT2D eigenvalue weighted by Crippen LogP contribution is -2.26. The molecule has 0 aliphatic rings. The van der Waals surface area contributed by atoms with E-state index in [0.29, 0.717) is 12.1 Å². The lowest BCUT2D eigenvalue weighted by atomic mass is 10.1. The van der Waals surface area contributed by atoms with Crippen LogP contribution in [-0.2, 0) is 6.54 Å². The number of carbonyl (C=O) groups excluding carboxylic acids is 1. The maximum absolute atomic E-state index is 12.2. The van der Waals surface area contributed by atoms with Crippen LogP contribution in [0.15, 0.2) is 23.6 Å². The zero-order valence-electron chi connectivity index (χ0n) is 11.2. The molecule has 2 aromatic rings. The minimum atomic E-state index is -0.205. The molecule has 1 heterocycles. The molecule has 19 heavy (non-hydrogen) atoms. The highest BCUT2D eigenvalue weighted by atomic mass is 32.1. The summed E-state index contributed by atoms with van der Waals surface area (Å²) in [6.07, 6.45) is 0. The van der Waals surface area contributed by atoms with Gasteiger partial charge in [0.2, 0.25) is 0 Å². The van der Waals surface area contributed by atoms with Crippen LogP contribution in [0.4, 0.5) is 0 Å². The number of phenolic OH excluding ortho intramolecular Hbond substituents is 1. The third-order valence-electron chi connectivity index (χ3n) is 2.80. The maximum atomic E-state index is 12.2. The molecule has 0 saturated carbocycles. The molecule has 0 spiro atoms. The van der Waals surface area contributed by atoms with Crippen LogP contribution in [0.25, 0.3) is 0 Å². The van der Waals surface area contributed by atoms with Crippen molar-refractivity contribution in [1.29, 1.82) is 0 Å². The highest BCUT2D eigenvalue weighted by Gasteiger charge is 2.16. The summed E-state index contributed by atoms with van der Waals surface area (Å²) in [5.41, 5.74) is 2.11. The van der Waals surface area contributed by atoms with E-state index >= 15 is 0 Å². The highest BCUT2D eigenvalue weighted by Crippen LogP contribution is 2.20. The SMILES string of the molecule is Cc1ccc(C(=O)N(C)Cc2csc(C)n2)c(O)c1. The fraction of sp³-hybridized carbons (Fsp3) is 0.286. The van der Waals surface area contributed by atoms with Crippen LogP contribution in [0.5, 0.6) is 5.75 Å². The molecular weight excluding hydrogens is 260 g/mol. The van der Waals surface area contributed by atoms with Crippen LogP contribution >= 0.6 is 11.3 Å². The van der Waals surface area contributed by atoms with Gasteiger partial charge in [0.05, 0.1) is 22.8 Å². The Morgan fingerprint density at radius 1 is 1.42 bits per heavy atom. The molecule has 2 rings (SSSR count). The molecule has 0 saturated heterocycles. The third kappa shape index (κ3) is 3.12. The van der Waals surface area contributed by atoms with Gasteiger partial charge in [0, 0.05) is 12.4 Å². The van der Waals surface area contributed by atoms with E-state index < -0.39 is 0 Å². The smallest absolute Gasteiger partial charge is 0.257 e. The number of aromatic nitrogens is 1. The fourth-order valence-corrected chi connectivity index (χ4v) is 2.43. The van der Waals surface area contributed by atoms with Crippen LogP contribution in [0, 0.1) is 13.8 Å². The average molecular weight is 276 g/mol. The molecule has 5 heteroatoms. The number of aryl methyl sites for hydroxylation is 2. The van der Waals surface area contributed by atoms with Crippen LogP contribution in [0.2, 0.25) is 0 Å². The van der Waals surface area contributed by atoms with Crippen molar-refractivity contribution >= 4 is 17.2 Å². The van der Waals surface area contributed by atoms with Gasteiger partial charge < -0.3 is 10.0 Å². The topological polar surface area (TPSA) is 53.4 Å². The van der Waals surface area contributed by atoms with Gasteiger partial charge in [0.1, 0.15) is 5.75 Å². The molecule has 0 bridgehead atoms. The Morgan fingerprint density at radius 2 is 2.16 bits per heavy atom. The van der Waals surface area contributed by atoms with Gasteiger partial charge in [-0.05, 0) is 31.5 Å². The van der Waals surface area contributed by atoms with E-state index in [2.05, 4.69) is 4.98 Å². The molecule has 1 amide bonds. The number of carbonyl (C=O) groups is 1. The molecule has 100 valence electrons. The zero-order valence-corrected chi connectivity index (χ0v) is 12.0. The van der Waals surface area contributed by atoms with Gasteiger partial charge in [-0.1, -0.05) is 6.07 Å². The maximum Gasteiger partial charge on any atom is 0.257 e. The summed E-state index contributed by atoms with van der Waals surface area (Å²) in [4.78, 5) is 18.1. The molecule has 0 aliphatic heterocycles. The van der Waals surface area contributed by atoms with Crippen molar-refractivity contribution in [3.63, 3.8) is 0 Å². The largest absolute Gasteiger partial charge is 0.507 e. The van der Waals surface area contributed by atoms with E-state index in [1.165, 1.54) is 0 Å². The fourth-order valence-electron chi connectivity index (χ4n) is 1.82. The number of rotatable bonds is 3. The summed E-state index contributed by atoms with van der Waals surface area (Å²) in [7, 11) is 1.70. The van der Waals surface area contributed by atoms with Crippen LogP contribution < -0.4 is 0 Å². The van der Waals surface area contributed by atoms with Crippen molar-refractivity contribution in [2.75, 3.05) is 7.05 Å². The molecule has 0 atom stereocenters. The molecule has 0 radical (unpaired) electrons. The second-order valence-corrected chi connectivity index (χ2v) is 5.60. The van der Waals surface area contributed by atoms with E-state index in [9.17, 15) is 9.90 Å². The Kier molecular flexibility index (Phi) is 3.85. The minimum absolute atomic E-state index is 0.0197. The second-order valence-electron chi connectivity index (χ2n) is 4.54. The van der Waals surface area contributed by atoms with E-state index in [4.69, 9.17) is 0 Å². The minimum Gasteiger partial charge on any atom is -0.507 e. The standard InChI is InChI=1S/C14H16N2O2S/c1-9-4-5-12(13(17)6-9)14(18)16(3)7-11-8-19-10(2)15-11/h4-6,8,17H,7H2,1-3H3. The van der Waals surface area contributed by atoms with Crippen molar-refractivity contribution in [2.24, 2.45) is 0 Å². The van der Waals surface area contributed by atoms with E-state index in [0.717, 1.165) is 16.3 Å². The first-order valence-electron chi connectivity index (χ1n) is 5.93. The van der Waals surface area contributed by atoms with Crippen molar-refractivity contribution in [3.05, 3.63) is 45.4 Å². The number of hydrogen-bond donors (Lipinski definition) is 1. The second kappa shape index (κ2) is 5.40. The van der Waals surface area contributed by atoms with Crippen LogP contribution in [-0.4, -0.2) is 27.9 Å². The van der Waals surface area contributed by atoms with Crippen LogP contribution in [0.3, 0.4) is 0 Å². The number of amides is 1. The molecule has 1 aromatic carbocycles. The number of thiazole rings is 1. The number of phenols is 1. The lowest BCUT2D eigenvalue weighted by molar-refractivity contribution is 0.0780. The summed E-state index contributed by atoms with van der Waals surface area (Å²) in [5, 5.41) is 12.7. The monoisotopic (exact) mass is 276 g/mol. The van der Waals surface area contributed by atoms with Crippen molar-refractivity contribution in [2.45, 2.75) is 20.4 Å². The first-order valence-corrected chi connectivity index (χ1v) is 6.81. The molecular formula is C14H16N2O2S. The Labute approximate surface area is 116 Å². The number of aromatic hydroxyl groups is 1. The number of nitrogens with zero attached hydrogens (tertiary/aromatic N) is 2. The predicted octanol–water partition coefficient (Wildman–Crippen LogP) is 2.74. The Balaban J connectivity index is 2.14. The first-order chi connectivity index (χ1) is 8.97. The first kappa shape index (κ1) is 13.5. The van der Waals surface area contributed by atoms with Crippen molar-refractivity contribution in [3.8, 4) is 5.75 Å². The normalized spacial score (nSPS) is 10.5. The van der Waals surface area contributed by atoms with Gasteiger partial charge in [0.25, 0.3) is 5.91 Å².